The van der Waals surface area contributed by atoms with Gasteiger partial charge in [0.25, 0.3) is 0 Å². The van der Waals surface area contributed by atoms with Crippen molar-refractivity contribution in [3.05, 3.63) is 53.7 Å². The van der Waals surface area contributed by atoms with Crippen LogP contribution in [0.5, 0.6) is 0 Å². The van der Waals surface area contributed by atoms with E-state index in [0.717, 1.165) is 35.0 Å². The number of carbonyl (C=O) groups excluding carboxylic acids is 1. The second-order valence-corrected chi connectivity index (χ2v) is 7.08. The lowest BCUT2D eigenvalue weighted by atomic mass is 10.2. The van der Waals surface area contributed by atoms with Crippen molar-refractivity contribution < 1.29 is 4.79 Å². The Morgan fingerprint density at radius 1 is 1.20 bits per heavy atom. The highest BCUT2D eigenvalue weighted by atomic mass is 32.2. The molecule has 7 heteroatoms. The highest BCUT2D eigenvalue weighted by molar-refractivity contribution is 7.98. The zero-order valence-corrected chi connectivity index (χ0v) is 15.6. The minimum Gasteiger partial charge on any atom is -0.344 e. The van der Waals surface area contributed by atoms with E-state index in [2.05, 4.69) is 21.8 Å². The van der Waals surface area contributed by atoms with Gasteiger partial charge in [0.05, 0.1) is 6.04 Å². The summed E-state index contributed by atoms with van der Waals surface area (Å²) in [6, 6.07) is 9.69. The molecule has 0 aromatic carbocycles. The van der Waals surface area contributed by atoms with Crippen LogP contribution in [0.25, 0.3) is 5.65 Å². The number of aryl methyl sites for hydroxylation is 2. The van der Waals surface area contributed by atoms with Crippen molar-refractivity contribution in [3.63, 3.8) is 0 Å². The average Bonchev–Trinajstić information content (AvgIpc) is 3.17. The van der Waals surface area contributed by atoms with Crippen LogP contribution < -0.4 is 5.32 Å². The van der Waals surface area contributed by atoms with E-state index in [-0.39, 0.29) is 11.9 Å². The van der Waals surface area contributed by atoms with E-state index in [1.165, 1.54) is 0 Å². The topological polar surface area (TPSA) is 64.2 Å². The molecule has 3 aromatic rings. The first-order valence-corrected chi connectivity index (χ1v) is 9.70. The average molecular weight is 357 g/mol. The quantitative estimate of drug-likeness (QED) is 0.706. The molecule has 0 bridgehead atoms. The van der Waals surface area contributed by atoms with E-state index in [9.17, 15) is 4.79 Å². The lowest BCUT2D eigenvalue weighted by Gasteiger charge is -2.18. The zero-order valence-electron chi connectivity index (χ0n) is 14.8. The highest BCUT2D eigenvalue weighted by Gasteiger charge is 2.20. The van der Waals surface area contributed by atoms with Crippen molar-refractivity contribution in [2.24, 2.45) is 0 Å². The Kier molecular flexibility index (Phi) is 5.43. The summed E-state index contributed by atoms with van der Waals surface area (Å²) in [7, 11) is 0. The predicted octanol–water partition coefficient (Wildman–Crippen LogP) is 2.76. The molecule has 0 aliphatic rings. The van der Waals surface area contributed by atoms with Crippen molar-refractivity contribution in [2.75, 3.05) is 12.0 Å². The molecule has 1 atom stereocenters. The van der Waals surface area contributed by atoms with Crippen LogP contribution in [0, 0.1) is 13.8 Å². The van der Waals surface area contributed by atoms with E-state index < -0.39 is 0 Å². The molecule has 3 heterocycles. The van der Waals surface area contributed by atoms with Gasteiger partial charge >= 0.3 is 0 Å². The summed E-state index contributed by atoms with van der Waals surface area (Å²) >= 11 is 1.76. The summed E-state index contributed by atoms with van der Waals surface area (Å²) in [5.74, 6) is 1.70. The SMILES string of the molecule is CSCC[C@@H](NC(=O)Cn1c(C)ccc1C)c1nnc2ccccn12. The Bertz CT molecular complexity index is 850. The van der Waals surface area contributed by atoms with Crippen LogP contribution in [0.2, 0.25) is 0 Å². The van der Waals surface area contributed by atoms with E-state index in [4.69, 9.17) is 0 Å². The Hall–Kier alpha value is -2.28. The molecule has 0 aliphatic heterocycles. The van der Waals surface area contributed by atoms with Gasteiger partial charge in [0.1, 0.15) is 6.54 Å². The van der Waals surface area contributed by atoms with Gasteiger partial charge in [-0.1, -0.05) is 6.07 Å². The molecule has 3 aromatic heterocycles. The first kappa shape index (κ1) is 17.5. The lowest BCUT2D eigenvalue weighted by molar-refractivity contribution is -0.122. The molecule has 0 fully saturated rings. The molecular formula is C18H23N5OS. The van der Waals surface area contributed by atoms with Crippen molar-refractivity contribution in [1.82, 2.24) is 24.5 Å². The van der Waals surface area contributed by atoms with Crippen molar-refractivity contribution in [3.8, 4) is 0 Å². The summed E-state index contributed by atoms with van der Waals surface area (Å²) in [6.45, 7) is 4.34. The maximum atomic E-state index is 12.6. The molecule has 0 unspecified atom stereocenters. The van der Waals surface area contributed by atoms with Crippen LogP contribution in [0.3, 0.4) is 0 Å². The Morgan fingerprint density at radius 3 is 2.68 bits per heavy atom. The van der Waals surface area contributed by atoms with Gasteiger partial charge in [0, 0.05) is 17.6 Å². The molecule has 0 radical (unpaired) electrons. The van der Waals surface area contributed by atoms with Crippen LogP contribution in [-0.4, -0.2) is 37.1 Å². The summed E-state index contributed by atoms with van der Waals surface area (Å²) < 4.78 is 3.96. The molecule has 25 heavy (non-hydrogen) atoms. The standard InChI is InChI=1S/C18H23N5OS/c1-13-7-8-14(2)23(13)12-17(24)19-15(9-11-25-3)18-21-20-16-6-4-5-10-22(16)18/h4-8,10,15H,9,11-12H2,1-3H3,(H,19,24)/t15-/m1/s1. The van der Waals surface area contributed by atoms with Gasteiger partial charge < -0.3 is 9.88 Å². The van der Waals surface area contributed by atoms with Crippen LogP contribution >= 0.6 is 11.8 Å². The van der Waals surface area contributed by atoms with Gasteiger partial charge in [-0.05, 0) is 56.5 Å². The van der Waals surface area contributed by atoms with E-state index in [0.29, 0.717) is 6.54 Å². The first-order chi connectivity index (χ1) is 12.1. The second kappa shape index (κ2) is 7.74. The number of fused-ring (bicyclic) bond motifs is 1. The highest BCUT2D eigenvalue weighted by Crippen LogP contribution is 2.18. The fourth-order valence-electron chi connectivity index (χ4n) is 2.93. The molecule has 0 aliphatic carbocycles. The van der Waals surface area contributed by atoms with Crippen LogP contribution in [-0.2, 0) is 11.3 Å². The summed E-state index contributed by atoms with van der Waals surface area (Å²) in [5, 5.41) is 11.7. The van der Waals surface area contributed by atoms with Gasteiger partial charge in [-0.3, -0.25) is 9.20 Å². The van der Waals surface area contributed by atoms with Gasteiger partial charge in [0.2, 0.25) is 5.91 Å². The molecule has 1 N–H and O–H groups in total. The number of amides is 1. The molecule has 0 spiro atoms. The number of nitrogens with zero attached hydrogens (tertiary/aromatic N) is 4. The fraction of sp³-hybridized carbons (Fsp3) is 0.389. The molecule has 6 nitrogen and oxygen atoms in total. The second-order valence-electron chi connectivity index (χ2n) is 6.09. The number of aromatic nitrogens is 4. The molecule has 132 valence electrons. The molecule has 0 saturated carbocycles. The van der Waals surface area contributed by atoms with E-state index in [1.54, 1.807) is 11.8 Å². The number of thioether (sulfide) groups is 1. The smallest absolute Gasteiger partial charge is 0.240 e. The number of pyridine rings is 1. The van der Waals surface area contributed by atoms with Crippen molar-refractivity contribution in [1.29, 1.82) is 0 Å². The first-order valence-electron chi connectivity index (χ1n) is 8.31. The zero-order chi connectivity index (χ0) is 17.8. The molecule has 1 amide bonds. The van der Waals surface area contributed by atoms with E-state index >= 15 is 0 Å². The Balaban J connectivity index is 1.80. The monoisotopic (exact) mass is 357 g/mol. The van der Waals surface area contributed by atoms with Gasteiger partial charge in [-0.15, -0.1) is 10.2 Å². The van der Waals surface area contributed by atoms with Crippen molar-refractivity contribution in [2.45, 2.75) is 32.9 Å². The molecular weight excluding hydrogens is 334 g/mol. The van der Waals surface area contributed by atoms with Gasteiger partial charge in [0.15, 0.2) is 11.5 Å². The van der Waals surface area contributed by atoms with Gasteiger partial charge in [-0.25, -0.2) is 0 Å². The van der Waals surface area contributed by atoms with Crippen LogP contribution in [0.15, 0.2) is 36.5 Å². The lowest BCUT2D eigenvalue weighted by Crippen LogP contribution is -2.33. The Morgan fingerprint density at radius 2 is 1.96 bits per heavy atom. The minimum atomic E-state index is -0.159. The van der Waals surface area contributed by atoms with E-state index in [1.807, 2.05) is 59.3 Å². The minimum absolute atomic E-state index is 0.0128. The molecule has 0 saturated heterocycles. The largest absolute Gasteiger partial charge is 0.344 e. The van der Waals surface area contributed by atoms with Crippen LogP contribution in [0.1, 0.15) is 29.7 Å². The fourth-order valence-corrected chi connectivity index (χ4v) is 3.40. The Labute approximate surface area is 151 Å². The number of carbonyl (C=O) groups is 1. The third-order valence-electron chi connectivity index (χ3n) is 4.32. The normalized spacial score (nSPS) is 12.4. The predicted molar refractivity (Wildman–Crippen MR) is 101 cm³/mol. The maximum Gasteiger partial charge on any atom is 0.240 e. The number of hydrogen-bond donors (Lipinski definition) is 1. The van der Waals surface area contributed by atoms with Crippen LogP contribution in [0.4, 0.5) is 0 Å². The van der Waals surface area contributed by atoms with Crippen molar-refractivity contribution >= 4 is 23.3 Å². The number of nitrogens with one attached hydrogen (secondary N) is 1. The molecule has 3 rings (SSSR count). The summed E-state index contributed by atoms with van der Waals surface area (Å²) in [4.78, 5) is 12.6. The van der Waals surface area contributed by atoms with Gasteiger partial charge in [-0.2, -0.15) is 11.8 Å². The number of rotatable bonds is 7. The summed E-state index contributed by atoms with van der Waals surface area (Å²) in [6.07, 6.45) is 4.81. The summed E-state index contributed by atoms with van der Waals surface area (Å²) in [5.41, 5.74) is 2.96. The third-order valence-corrected chi connectivity index (χ3v) is 4.96. The maximum absolute atomic E-state index is 12.6. The third kappa shape index (κ3) is 3.87. The number of hydrogen-bond acceptors (Lipinski definition) is 4.